The summed E-state index contributed by atoms with van der Waals surface area (Å²) in [6, 6.07) is 15.9. The van der Waals surface area contributed by atoms with Crippen LogP contribution >= 0.6 is 0 Å². The molecule has 1 N–H and O–H groups in total. The van der Waals surface area contributed by atoms with Gasteiger partial charge in [-0.2, -0.15) is 0 Å². The SMILES string of the molecule is CCC(C(=O)NC1CCCC1)N(Cc1ccccc1)C(=O)CN(c1cccc(C)c1)S(C)(=O)=O. The second kappa shape index (κ2) is 11.5. The molecule has 0 heterocycles. The number of carbonyl (C=O) groups excluding carboxylic acids is 2. The average Bonchev–Trinajstić information content (AvgIpc) is 3.30. The molecule has 1 saturated carbocycles. The van der Waals surface area contributed by atoms with Crippen molar-refractivity contribution in [3.63, 3.8) is 0 Å². The Hall–Kier alpha value is -2.87. The van der Waals surface area contributed by atoms with Gasteiger partial charge in [0.25, 0.3) is 0 Å². The normalized spacial score (nSPS) is 15.0. The van der Waals surface area contributed by atoms with Gasteiger partial charge in [0.05, 0.1) is 11.9 Å². The molecule has 7 nitrogen and oxygen atoms in total. The van der Waals surface area contributed by atoms with Gasteiger partial charge in [0.2, 0.25) is 21.8 Å². The van der Waals surface area contributed by atoms with Gasteiger partial charge >= 0.3 is 0 Å². The number of nitrogens with zero attached hydrogens (tertiary/aromatic N) is 2. The summed E-state index contributed by atoms with van der Waals surface area (Å²) >= 11 is 0. The first-order valence-corrected chi connectivity index (χ1v) is 13.7. The predicted molar refractivity (Wildman–Crippen MR) is 135 cm³/mol. The maximum atomic E-state index is 13.6. The Morgan fingerprint density at radius 3 is 2.32 bits per heavy atom. The Morgan fingerprint density at radius 1 is 1.06 bits per heavy atom. The molecule has 0 aliphatic heterocycles. The number of anilines is 1. The molecule has 1 atom stereocenters. The van der Waals surface area contributed by atoms with Crippen LogP contribution in [0.15, 0.2) is 54.6 Å². The molecule has 2 aromatic carbocycles. The lowest BCUT2D eigenvalue weighted by Crippen LogP contribution is -2.53. The van der Waals surface area contributed by atoms with Crippen molar-refractivity contribution < 1.29 is 18.0 Å². The number of carbonyl (C=O) groups is 2. The Labute approximate surface area is 203 Å². The molecule has 1 aliphatic carbocycles. The van der Waals surface area contributed by atoms with E-state index in [0.717, 1.165) is 47.4 Å². The van der Waals surface area contributed by atoms with Gasteiger partial charge in [-0.1, -0.05) is 62.2 Å². The van der Waals surface area contributed by atoms with Crippen molar-refractivity contribution in [3.05, 3.63) is 65.7 Å². The van der Waals surface area contributed by atoms with E-state index in [-0.39, 0.29) is 25.0 Å². The fraction of sp³-hybridized carbons (Fsp3) is 0.462. The van der Waals surface area contributed by atoms with E-state index in [1.165, 1.54) is 4.90 Å². The fourth-order valence-corrected chi connectivity index (χ4v) is 5.31. The van der Waals surface area contributed by atoms with Gasteiger partial charge in [-0.25, -0.2) is 8.42 Å². The summed E-state index contributed by atoms with van der Waals surface area (Å²) in [4.78, 5) is 28.4. The van der Waals surface area contributed by atoms with E-state index < -0.39 is 22.0 Å². The van der Waals surface area contributed by atoms with Crippen LogP contribution in [0.1, 0.15) is 50.2 Å². The van der Waals surface area contributed by atoms with Crippen LogP contribution < -0.4 is 9.62 Å². The maximum Gasteiger partial charge on any atom is 0.244 e. The highest BCUT2D eigenvalue weighted by molar-refractivity contribution is 7.92. The molecule has 184 valence electrons. The molecule has 1 unspecified atom stereocenters. The van der Waals surface area contributed by atoms with Gasteiger partial charge in [0.1, 0.15) is 12.6 Å². The molecule has 0 bridgehead atoms. The van der Waals surface area contributed by atoms with Crippen LogP contribution in [0.5, 0.6) is 0 Å². The zero-order valence-electron chi connectivity index (χ0n) is 20.2. The third-order valence-electron chi connectivity index (χ3n) is 6.25. The van der Waals surface area contributed by atoms with Gasteiger partial charge in [-0.15, -0.1) is 0 Å². The first-order chi connectivity index (χ1) is 16.2. The molecule has 0 aromatic heterocycles. The molecule has 34 heavy (non-hydrogen) atoms. The molecule has 2 amide bonds. The number of hydrogen-bond acceptors (Lipinski definition) is 4. The number of nitrogens with one attached hydrogen (secondary N) is 1. The topological polar surface area (TPSA) is 86.8 Å². The van der Waals surface area contributed by atoms with Gasteiger partial charge in [0.15, 0.2) is 0 Å². The molecule has 8 heteroatoms. The highest BCUT2D eigenvalue weighted by atomic mass is 32.2. The zero-order chi connectivity index (χ0) is 24.7. The van der Waals surface area contributed by atoms with E-state index in [4.69, 9.17) is 0 Å². The average molecular weight is 486 g/mol. The monoisotopic (exact) mass is 485 g/mol. The van der Waals surface area contributed by atoms with E-state index in [2.05, 4.69) is 5.32 Å². The van der Waals surface area contributed by atoms with Gasteiger partial charge in [0, 0.05) is 12.6 Å². The van der Waals surface area contributed by atoms with E-state index >= 15 is 0 Å². The van der Waals surface area contributed by atoms with Crippen LogP contribution in [0.25, 0.3) is 0 Å². The smallest absolute Gasteiger partial charge is 0.244 e. The Balaban J connectivity index is 1.90. The Bertz CT molecular complexity index is 1080. The molecular weight excluding hydrogens is 450 g/mol. The minimum atomic E-state index is -3.72. The summed E-state index contributed by atoms with van der Waals surface area (Å²) in [6.45, 7) is 3.59. The number of amides is 2. The molecule has 0 saturated heterocycles. The van der Waals surface area contributed by atoms with E-state index in [9.17, 15) is 18.0 Å². The lowest BCUT2D eigenvalue weighted by atomic mass is 10.1. The van der Waals surface area contributed by atoms with Crippen LogP contribution in [0, 0.1) is 6.92 Å². The van der Waals surface area contributed by atoms with Crippen molar-refractivity contribution >= 4 is 27.5 Å². The number of sulfonamides is 1. The number of hydrogen-bond donors (Lipinski definition) is 1. The number of aryl methyl sites for hydroxylation is 1. The summed E-state index contributed by atoms with van der Waals surface area (Å²) in [5.74, 6) is -0.593. The first kappa shape index (κ1) is 25.7. The molecular formula is C26H35N3O4S. The van der Waals surface area contributed by atoms with Crippen molar-refractivity contribution in [3.8, 4) is 0 Å². The molecule has 1 fully saturated rings. The zero-order valence-corrected chi connectivity index (χ0v) is 21.1. The summed E-state index contributed by atoms with van der Waals surface area (Å²) in [7, 11) is -3.72. The Morgan fingerprint density at radius 2 is 1.74 bits per heavy atom. The van der Waals surface area contributed by atoms with Gasteiger partial charge in [-0.05, 0) is 49.4 Å². The minimum Gasteiger partial charge on any atom is -0.352 e. The standard InChI is InChI=1S/C26H35N3O4S/c1-4-24(26(31)27-22-14-8-9-15-22)28(18-21-12-6-5-7-13-21)25(30)19-29(34(3,32)33)23-16-10-11-20(2)17-23/h5-7,10-13,16-17,22,24H,4,8-9,14-15,18-19H2,1-3H3,(H,27,31). The van der Waals surface area contributed by atoms with Crippen LogP contribution in [-0.4, -0.2) is 50.0 Å². The number of benzene rings is 2. The third-order valence-corrected chi connectivity index (χ3v) is 7.39. The lowest BCUT2D eigenvalue weighted by Gasteiger charge is -2.33. The second-order valence-electron chi connectivity index (χ2n) is 9.03. The maximum absolute atomic E-state index is 13.6. The summed E-state index contributed by atoms with van der Waals surface area (Å²) in [5, 5.41) is 3.11. The summed E-state index contributed by atoms with van der Waals surface area (Å²) < 4.78 is 26.4. The van der Waals surface area contributed by atoms with E-state index in [1.54, 1.807) is 18.2 Å². The highest BCUT2D eigenvalue weighted by Crippen LogP contribution is 2.22. The summed E-state index contributed by atoms with van der Waals surface area (Å²) in [6.07, 6.45) is 5.60. The number of rotatable bonds is 10. The van der Waals surface area contributed by atoms with Crippen LogP contribution in [-0.2, 0) is 26.2 Å². The summed E-state index contributed by atoms with van der Waals surface area (Å²) in [5.41, 5.74) is 2.20. The second-order valence-corrected chi connectivity index (χ2v) is 10.9. The van der Waals surface area contributed by atoms with E-state index in [1.807, 2.05) is 50.2 Å². The fourth-order valence-electron chi connectivity index (χ4n) is 4.46. The van der Waals surface area contributed by atoms with Crippen molar-refractivity contribution in [1.82, 2.24) is 10.2 Å². The quantitative estimate of drug-likeness (QED) is 0.557. The van der Waals surface area contributed by atoms with Gasteiger partial charge in [-0.3, -0.25) is 13.9 Å². The van der Waals surface area contributed by atoms with Crippen molar-refractivity contribution in [2.45, 2.75) is 64.6 Å². The van der Waals surface area contributed by atoms with Crippen LogP contribution in [0.4, 0.5) is 5.69 Å². The molecule has 1 aliphatic rings. The van der Waals surface area contributed by atoms with Crippen molar-refractivity contribution in [1.29, 1.82) is 0 Å². The van der Waals surface area contributed by atoms with Crippen LogP contribution in [0.2, 0.25) is 0 Å². The van der Waals surface area contributed by atoms with E-state index in [0.29, 0.717) is 12.1 Å². The lowest BCUT2D eigenvalue weighted by molar-refractivity contribution is -0.140. The van der Waals surface area contributed by atoms with Crippen molar-refractivity contribution in [2.24, 2.45) is 0 Å². The molecule has 0 spiro atoms. The Kier molecular flexibility index (Phi) is 8.72. The third kappa shape index (κ3) is 6.82. The van der Waals surface area contributed by atoms with Gasteiger partial charge < -0.3 is 10.2 Å². The largest absolute Gasteiger partial charge is 0.352 e. The molecule has 0 radical (unpaired) electrons. The minimum absolute atomic E-state index is 0.134. The molecule has 3 rings (SSSR count). The predicted octanol–water partition coefficient (Wildman–Crippen LogP) is 3.63. The molecule has 2 aromatic rings. The van der Waals surface area contributed by atoms with Crippen LogP contribution in [0.3, 0.4) is 0 Å². The van der Waals surface area contributed by atoms with Crippen molar-refractivity contribution in [2.75, 3.05) is 17.1 Å². The highest BCUT2D eigenvalue weighted by Gasteiger charge is 2.32. The first-order valence-electron chi connectivity index (χ1n) is 11.9.